The molecule has 1 aromatic carbocycles. The molecular weight excluding hydrogens is 272 g/mol. The van der Waals surface area contributed by atoms with Crippen molar-refractivity contribution in [1.29, 1.82) is 0 Å². The fourth-order valence-corrected chi connectivity index (χ4v) is 2.85. The molecule has 7 heteroatoms. The number of ether oxygens (including phenoxy) is 1. The number of hydrogen-bond donors (Lipinski definition) is 3. The molecule has 0 radical (unpaired) electrons. The van der Waals surface area contributed by atoms with Crippen LogP contribution in [0, 0.1) is 0 Å². The van der Waals surface area contributed by atoms with Crippen LogP contribution in [0.2, 0.25) is 0 Å². The van der Waals surface area contributed by atoms with Crippen molar-refractivity contribution in [2.75, 3.05) is 19.7 Å². The number of carbonyl (C=O) groups is 1. The van der Waals surface area contributed by atoms with Gasteiger partial charge in [-0.05, 0) is 25.1 Å². The molecule has 1 aromatic heterocycles. The third-order valence-electron chi connectivity index (χ3n) is 3.73. The van der Waals surface area contributed by atoms with Crippen LogP contribution in [0.3, 0.4) is 0 Å². The number of imidazole rings is 1. The fraction of sp³-hybridized carbons (Fsp3) is 0.429. The predicted molar refractivity (Wildman–Crippen MR) is 77.3 cm³/mol. The lowest BCUT2D eigenvalue weighted by Crippen LogP contribution is -2.16. The van der Waals surface area contributed by atoms with Crippen LogP contribution in [0.25, 0.3) is 11.0 Å². The van der Waals surface area contributed by atoms with Crippen molar-refractivity contribution in [3.63, 3.8) is 0 Å². The number of nitrogens with one attached hydrogen (secondary N) is 1. The third kappa shape index (κ3) is 2.57. The minimum absolute atomic E-state index is 0.0273. The van der Waals surface area contributed by atoms with Gasteiger partial charge in [-0.25, -0.2) is 9.78 Å². The van der Waals surface area contributed by atoms with Crippen molar-refractivity contribution in [2.45, 2.75) is 18.9 Å². The van der Waals surface area contributed by atoms with Gasteiger partial charge in [0.05, 0.1) is 12.1 Å². The maximum atomic E-state index is 11.0. The summed E-state index contributed by atoms with van der Waals surface area (Å²) in [6.45, 7) is 2.31. The van der Waals surface area contributed by atoms with E-state index in [1.807, 2.05) is 10.6 Å². The highest BCUT2D eigenvalue weighted by Crippen LogP contribution is 2.31. The van der Waals surface area contributed by atoms with Gasteiger partial charge in [-0.1, -0.05) is 6.07 Å². The second kappa shape index (κ2) is 5.71. The average Bonchev–Trinajstić information content (AvgIpc) is 3.07. The zero-order valence-corrected chi connectivity index (χ0v) is 11.6. The first-order chi connectivity index (χ1) is 10.2. The van der Waals surface area contributed by atoms with Gasteiger partial charge >= 0.3 is 6.09 Å². The van der Waals surface area contributed by atoms with E-state index in [1.54, 1.807) is 12.1 Å². The Balaban J connectivity index is 2.13. The molecule has 1 atom stereocenters. The van der Waals surface area contributed by atoms with E-state index in [0.29, 0.717) is 23.7 Å². The van der Waals surface area contributed by atoms with Crippen LogP contribution >= 0.6 is 0 Å². The summed E-state index contributed by atoms with van der Waals surface area (Å²) in [5, 5.41) is 12.6. The first kappa shape index (κ1) is 13.8. The number of aromatic nitrogens is 2. The van der Waals surface area contributed by atoms with Crippen molar-refractivity contribution in [3.05, 3.63) is 24.0 Å². The zero-order valence-electron chi connectivity index (χ0n) is 11.6. The van der Waals surface area contributed by atoms with E-state index in [1.165, 1.54) is 0 Å². The van der Waals surface area contributed by atoms with Gasteiger partial charge in [0.15, 0.2) is 5.75 Å². The summed E-state index contributed by atoms with van der Waals surface area (Å²) < 4.78 is 7.01. The molecule has 0 spiro atoms. The molecule has 21 heavy (non-hydrogen) atoms. The van der Waals surface area contributed by atoms with Crippen LogP contribution in [0.4, 0.5) is 4.79 Å². The molecule has 1 aliphatic heterocycles. The lowest BCUT2D eigenvalue weighted by atomic mass is 10.1. The Bertz CT molecular complexity index is 662. The van der Waals surface area contributed by atoms with E-state index in [-0.39, 0.29) is 6.61 Å². The second-order valence-electron chi connectivity index (χ2n) is 5.08. The molecule has 1 amide bonds. The zero-order chi connectivity index (χ0) is 14.8. The van der Waals surface area contributed by atoms with Gasteiger partial charge in [0, 0.05) is 19.0 Å². The van der Waals surface area contributed by atoms with Gasteiger partial charge in [-0.3, -0.25) is 0 Å². The van der Waals surface area contributed by atoms with E-state index in [0.717, 1.165) is 30.9 Å². The topological polar surface area (TPSA) is 102 Å². The number of fused-ring (bicyclic) bond motifs is 1. The molecule has 0 saturated carbocycles. The number of para-hydroxylation sites is 1. The van der Waals surface area contributed by atoms with Crippen LogP contribution < -0.4 is 15.8 Å². The number of aliphatic hydroxyl groups is 1. The fourth-order valence-electron chi connectivity index (χ4n) is 2.85. The molecule has 0 aliphatic carbocycles. The molecule has 4 N–H and O–H groups in total. The smallest absolute Gasteiger partial charge is 0.408 e. The summed E-state index contributed by atoms with van der Waals surface area (Å²) in [6, 6.07) is 5.35. The lowest BCUT2D eigenvalue weighted by Gasteiger charge is -2.11. The molecule has 7 nitrogen and oxygen atoms in total. The normalized spacial score (nSPS) is 18.2. The van der Waals surface area contributed by atoms with Gasteiger partial charge < -0.3 is 25.5 Å². The Labute approximate surface area is 121 Å². The summed E-state index contributed by atoms with van der Waals surface area (Å²) in [5.41, 5.74) is 6.54. The average molecular weight is 290 g/mol. The van der Waals surface area contributed by atoms with E-state index in [2.05, 4.69) is 10.3 Å². The van der Waals surface area contributed by atoms with E-state index in [4.69, 9.17) is 10.5 Å². The van der Waals surface area contributed by atoms with Crippen LogP contribution in [-0.4, -0.2) is 40.4 Å². The molecule has 1 aliphatic rings. The number of amides is 1. The van der Waals surface area contributed by atoms with E-state index in [9.17, 15) is 9.90 Å². The monoisotopic (exact) mass is 290 g/mol. The van der Waals surface area contributed by atoms with Crippen LogP contribution in [0.1, 0.15) is 18.2 Å². The number of rotatable bonds is 4. The number of benzene rings is 1. The van der Waals surface area contributed by atoms with Gasteiger partial charge in [0.2, 0.25) is 0 Å². The highest BCUT2D eigenvalue weighted by atomic mass is 16.5. The molecule has 2 heterocycles. The van der Waals surface area contributed by atoms with Gasteiger partial charge in [-0.2, -0.15) is 0 Å². The van der Waals surface area contributed by atoms with Gasteiger partial charge in [0.1, 0.15) is 11.3 Å². The Hall–Kier alpha value is -2.12. The number of carbonyl (C=O) groups excluding carboxylic acids is 1. The summed E-state index contributed by atoms with van der Waals surface area (Å²) in [7, 11) is 0. The van der Waals surface area contributed by atoms with E-state index >= 15 is 0 Å². The highest BCUT2D eigenvalue weighted by Gasteiger charge is 2.24. The highest BCUT2D eigenvalue weighted by molar-refractivity contribution is 5.85. The van der Waals surface area contributed by atoms with Crippen LogP contribution in [0.5, 0.6) is 5.75 Å². The summed E-state index contributed by atoms with van der Waals surface area (Å²) in [4.78, 5) is 15.6. The second-order valence-corrected chi connectivity index (χ2v) is 5.08. The molecule has 2 aromatic rings. The number of hydrogen-bond acceptors (Lipinski definition) is 5. The number of aliphatic hydroxyl groups excluding tert-OH is 1. The maximum Gasteiger partial charge on any atom is 0.410 e. The van der Waals surface area contributed by atoms with Crippen molar-refractivity contribution in [1.82, 2.24) is 14.9 Å². The molecule has 0 bridgehead atoms. The summed E-state index contributed by atoms with van der Waals surface area (Å²) >= 11 is 0. The molecular formula is C14H18N4O3. The number of primary amides is 1. The molecule has 1 saturated heterocycles. The summed E-state index contributed by atoms with van der Waals surface area (Å²) in [5.74, 6) is 1.55. The first-order valence-electron chi connectivity index (χ1n) is 6.98. The molecule has 112 valence electrons. The van der Waals surface area contributed by atoms with Crippen molar-refractivity contribution in [2.24, 2.45) is 5.73 Å². The quantitative estimate of drug-likeness (QED) is 0.763. The Morgan fingerprint density at radius 1 is 1.57 bits per heavy atom. The standard InChI is InChI=1S/C14H18N4O3/c15-14(20)21-11-3-1-2-10-12(11)17-13(18(10)6-7-19)9-4-5-16-8-9/h1-3,9,16,19H,4-8H2,(H2,15,20). The summed E-state index contributed by atoms with van der Waals surface area (Å²) in [6.07, 6.45) is 0.143. The SMILES string of the molecule is NC(=O)Oc1cccc2c1nc(C1CCNC1)n2CCO. The van der Waals surface area contributed by atoms with Crippen molar-refractivity contribution >= 4 is 17.1 Å². The number of nitrogens with zero attached hydrogens (tertiary/aromatic N) is 2. The third-order valence-corrected chi connectivity index (χ3v) is 3.73. The van der Waals surface area contributed by atoms with Gasteiger partial charge in [0.25, 0.3) is 0 Å². The largest absolute Gasteiger partial charge is 0.410 e. The number of nitrogens with two attached hydrogens (primary N) is 1. The van der Waals surface area contributed by atoms with Crippen LogP contribution in [-0.2, 0) is 6.54 Å². The van der Waals surface area contributed by atoms with Crippen molar-refractivity contribution < 1.29 is 14.6 Å². The lowest BCUT2D eigenvalue weighted by molar-refractivity contribution is 0.211. The van der Waals surface area contributed by atoms with Gasteiger partial charge in [-0.15, -0.1) is 0 Å². The van der Waals surface area contributed by atoms with Crippen LogP contribution in [0.15, 0.2) is 18.2 Å². The van der Waals surface area contributed by atoms with Crippen molar-refractivity contribution in [3.8, 4) is 5.75 Å². The van der Waals surface area contributed by atoms with E-state index < -0.39 is 6.09 Å². The predicted octanol–water partition coefficient (Wildman–Crippen LogP) is 0.563. The Morgan fingerprint density at radius 2 is 2.43 bits per heavy atom. The Kier molecular flexibility index (Phi) is 3.76. The molecule has 1 unspecified atom stereocenters. The minimum atomic E-state index is -0.858. The molecule has 3 rings (SSSR count). The first-order valence-corrected chi connectivity index (χ1v) is 6.98. The molecule has 1 fully saturated rings. The minimum Gasteiger partial charge on any atom is -0.408 e. The maximum absolute atomic E-state index is 11.0. The Morgan fingerprint density at radius 3 is 3.10 bits per heavy atom.